The molecule has 0 radical (unpaired) electrons. The van der Waals surface area contributed by atoms with Gasteiger partial charge in [-0.05, 0) is 25.7 Å². The monoisotopic (exact) mass is 456 g/mol. The summed E-state index contributed by atoms with van der Waals surface area (Å²) in [5.74, 6) is 0. The first-order valence-electron chi connectivity index (χ1n) is 12.5. The van der Waals surface area contributed by atoms with Crippen LogP contribution < -0.4 is 29.6 Å². The summed E-state index contributed by atoms with van der Waals surface area (Å²) in [5.41, 5.74) is 0. The number of rotatable bonds is 22. The van der Waals surface area contributed by atoms with Gasteiger partial charge in [-0.15, -0.1) is 0 Å². The van der Waals surface area contributed by atoms with Gasteiger partial charge in [-0.2, -0.15) is 0 Å². The van der Waals surface area contributed by atoms with Crippen LogP contribution in [-0.4, -0.2) is 29.4 Å². The van der Waals surface area contributed by atoms with E-state index < -0.39 is 15.4 Å². The number of unbranched alkanes of at least 4 members (excludes halogenated alkanes) is 13. The van der Waals surface area contributed by atoms with E-state index in [0.29, 0.717) is 12.8 Å². The van der Waals surface area contributed by atoms with Gasteiger partial charge in [0.05, 0.1) is 16.2 Å². The van der Waals surface area contributed by atoms with E-state index in [4.69, 9.17) is 0 Å². The van der Waals surface area contributed by atoms with Crippen molar-refractivity contribution in [1.82, 2.24) is 0 Å². The first-order valence-corrected chi connectivity index (χ1v) is 14.0. The molecule has 6 heteroatoms. The zero-order valence-corrected chi connectivity index (χ0v) is 23.2. The van der Waals surface area contributed by atoms with Crippen LogP contribution in [0.5, 0.6) is 0 Å². The smallest absolute Gasteiger partial charge is 0.748 e. The van der Waals surface area contributed by atoms with Gasteiger partial charge in [-0.25, -0.2) is 8.42 Å². The Labute approximate surface area is 210 Å². The van der Waals surface area contributed by atoms with Gasteiger partial charge in [0.25, 0.3) is 0 Å². The predicted molar refractivity (Wildman–Crippen MR) is 123 cm³/mol. The van der Waals surface area contributed by atoms with E-state index in [9.17, 15) is 18.1 Å². The van der Waals surface area contributed by atoms with Gasteiger partial charge in [0, 0.05) is 5.25 Å². The van der Waals surface area contributed by atoms with Crippen molar-refractivity contribution >= 4 is 10.1 Å². The minimum Gasteiger partial charge on any atom is -0.748 e. The van der Waals surface area contributed by atoms with Crippen molar-refractivity contribution in [2.24, 2.45) is 0 Å². The second-order valence-electron chi connectivity index (χ2n) is 8.87. The molecule has 176 valence electrons. The van der Waals surface area contributed by atoms with E-state index >= 15 is 0 Å². The molecule has 0 aromatic carbocycles. The molecule has 0 heterocycles. The Morgan fingerprint density at radius 2 is 0.900 bits per heavy atom. The van der Waals surface area contributed by atoms with Gasteiger partial charge >= 0.3 is 29.6 Å². The summed E-state index contributed by atoms with van der Waals surface area (Å²) in [6, 6.07) is 0. The third-order valence-electron chi connectivity index (χ3n) is 5.99. The van der Waals surface area contributed by atoms with Crippen molar-refractivity contribution in [2.75, 3.05) is 0 Å². The average Bonchev–Trinajstić information content (AvgIpc) is 2.66. The fourth-order valence-electron chi connectivity index (χ4n) is 4.00. The van der Waals surface area contributed by atoms with Crippen LogP contribution in [0.3, 0.4) is 0 Å². The maximum absolute atomic E-state index is 11.5. The topological polar surface area (TPSA) is 77.4 Å². The molecule has 0 aliphatic heterocycles. The van der Waals surface area contributed by atoms with Crippen molar-refractivity contribution in [3.63, 3.8) is 0 Å². The van der Waals surface area contributed by atoms with E-state index in [2.05, 4.69) is 13.8 Å². The van der Waals surface area contributed by atoms with Crippen LogP contribution in [-0.2, 0) is 10.1 Å². The normalized spacial score (nSPS) is 13.7. The standard InChI is InChI=1S/C24H50O4S.Na/c1-3-5-7-8-9-13-17-21-24(29(26,27)28)22-18-14-11-10-12-16-20-23(25)19-15-6-4-2;/h23-25H,3-22H2,1-2H3,(H,26,27,28);/q;+1/p-1. The Morgan fingerprint density at radius 3 is 1.30 bits per heavy atom. The summed E-state index contributed by atoms with van der Waals surface area (Å²) in [6.07, 6.45) is 20.6. The number of aliphatic hydroxyl groups is 1. The number of hydrogen-bond donors (Lipinski definition) is 1. The van der Waals surface area contributed by atoms with E-state index in [-0.39, 0.29) is 35.7 Å². The molecule has 2 unspecified atom stereocenters. The zero-order valence-electron chi connectivity index (χ0n) is 20.4. The molecule has 0 aliphatic carbocycles. The molecule has 0 amide bonds. The Balaban J connectivity index is 0. The van der Waals surface area contributed by atoms with Crippen molar-refractivity contribution in [2.45, 2.75) is 154 Å². The van der Waals surface area contributed by atoms with Crippen LogP contribution in [0.15, 0.2) is 0 Å². The fraction of sp³-hybridized carbons (Fsp3) is 1.00. The molecule has 0 saturated carbocycles. The summed E-state index contributed by atoms with van der Waals surface area (Å²) in [6.45, 7) is 4.38. The maximum Gasteiger partial charge on any atom is 1.00 e. The number of hydrogen-bond acceptors (Lipinski definition) is 4. The molecule has 0 saturated heterocycles. The van der Waals surface area contributed by atoms with Crippen molar-refractivity contribution in [1.29, 1.82) is 0 Å². The molecule has 0 aromatic heterocycles. The van der Waals surface area contributed by atoms with Gasteiger partial charge in [-0.3, -0.25) is 0 Å². The first kappa shape index (κ1) is 33.0. The Morgan fingerprint density at radius 1 is 0.600 bits per heavy atom. The van der Waals surface area contributed by atoms with Crippen LogP contribution in [0.25, 0.3) is 0 Å². The van der Waals surface area contributed by atoms with Gasteiger partial charge in [0.1, 0.15) is 0 Å². The summed E-state index contributed by atoms with van der Waals surface area (Å²) >= 11 is 0. The number of aliphatic hydroxyl groups excluding tert-OH is 1. The molecule has 2 atom stereocenters. The molecule has 0 spiro atoms. The van der Waals surface area contributed by atoms with Gasteiger partial charge in [0.2, 0.25) is 0 Å². The van der Waals surface area contributed by atoms with E-state index in [1.807, 2.05) is 0 Å². The van der Waals surface area contributed by atoms with Crippen LogP contribution in [0, 0.1) is 0 Å². The van der Waals surface area contributed by atoms with Crippen molar-refractivity contribution in [3.05, 3.63) is 0 Å². The van der Waals surface area contributed by atoms with E-state index in [0.717, 1.165) is 77.0 Å². The molecule has 4 nitrogen and oxygen atoms in total. The van der Waals surface area contributed by atoms with Crippen LogP contribution in [0.4, 0.5) is 0 Å². The summed E-state index contributed by atoms with van der Waals surface area (Å²) in [5, 5.41) is 9.23. The van der Waals surface area contributed by atoms with Crippen LogP contribution in [0.2, 0.25) is 0 Å². The fourth-order valence-corrected chi connectivity index (χ4v) is 4.91. The molecule has 0 aliphatic rings. The minimum atomic E-state index is -4.16. The Bertz CT molecular complexity index is 442. The third kappa shape index (κ3) is 22.1. The van der Waals surface area contributed by atoms with E-state index in [1.54, 1.807) is 0 Å². The van der Waals surface area contributed by atoms with E-state index in [1.165, 1.54) is 38.5 Å². The molecule has 0 bridgehead atoms. The van der Waals surface area contributed by atoms with Crippen molar-refractivity contribution in [3.8, 4) is 0 Å². The molecule has 30 heavy (non-hydrogen) atoms. The van der Waals surface area contributed by atoms with Crippen LogP contribution in [0.1, 0.15) is 142 Å². The first-order chi connectivity index (χ1) is 13.9. The third-order valence-corrected chi connectivity index (χ3v) is 7.28. The average molecular weight is 457 g/mol. The maximum atomic E-state index is 11.5. The summed E-state index contributed by atoms with van der Waals surface area (Å²) < 4.78 is 34.6. The molecule has 0 fully saturated rings. The van der Waals surface area contributed by atoms with Gasteiger partial charge in [0.15, 0.2) is 0 Å². The molecule has 0 aromatic rings. The summed E-state index contributed by atoms with van der Waals surface area (Å²) in [7, 11) is -4.16. The predicted octanol–water partition coefficient (Wildman–Crippen LogP) is 4.11. The second-order valence-corrected chi connectivity index (χ2v) is 10.5. The molecular formula is C24H49NaO4S. The van der Waals surface area contributed by atoms with Crippen molar-refractivity contribution < 1.29 is 47.6 Å². The van der Waals surface area contributed by atoms with Gasteiger partial charge < -0.3 is 9.66 Å². The SMILES string of the molecule is CCCCCCCCCC(CCCCCCCCC(O)CCCCC)S(=O)(=O)[O-].[Na+]. The zero-order chi connectivity index (χ0) is 21.8. The summed E-state index contributed by atoms with van der Waals surface area (Å²) in [4.78, 5) is 0. The Hall–Kier alpha value is 0.870. The second kappa shape index (κ2) is 23.0. The molecule has 0 rings (SSSR count). The largest absolute Gasteiger partial charge is 1.00 e. The minimum absolute atomic E-state index is 0. The van der Waals surface area contributed by atoms with Crippen LogP contribution >= 0.6 is 0 Å². The quantitative estimate of drug-likeness (QED) is 0.151. The molecular weight excluding hydrogens is 407 g/mol. The molecule has 1 N–H and O–H groups in total. The Kier molecular flexibility index (Phi) is 25.4. The van der Waals surface area contributed by atoms with Gasteiger partial charge in [-0.1, -0.05) is 117 Å².